The SMILES string of the molecule is C=C(CC)CCCNC1CC1. The highest BCUT2D eigenvalue weighted by molar-refractivity contribution is 4.92. The Morgan fingerprint density at radius 2 is 2.27 bits per heavy atom. The van der Waals surface area contributed by atoms with E-state index in [1.165, 1.54) is 37.8 Å². The molecule has 0 aromatic carbocycles. The quantitative estimate of drug-likeness (QED) is 0.456. The Morgan fingerprint density at radius 3 is 2.82 bits per heavy atom. The van der Waals surface area contributed by atoms with Crippen LogP contribution >= 0.6 is 0 Å². The van der Waals surface area contributed by atoms with Crippen molar-refractivity contribution in [2.45, 2.75) is 45.1 Å². The van der Waals surface area contributed by atoms with Crippen LogP contribution < -0.4 is 5.32 Å². The second kappa shape index (κ2) is 4.55. The lowest BCUT2D eigenvalue weighted by molar-refractivity contribution is 0.640. The van der Waals surface area contributed by atoms with Crippen LogP contribution in [0.5, 0.6) is 0 Å². The van der Waals surface area contributed by atoms with Crippen LogP contribution in [0.2, 0.25) is 0 Å². The summed E-state index contributed by atoms with van der Waals surface area (Å²) >= 11 is 0. The molecule has 0 spiro atoms. The molecule has 11 heavy (non-hydrogen) atoms. The van der Waals surface area contributed by atoms with Gasteiger partial charge in [-0.25, -0.2) is 0 Å². The monoisotopic (exact) mass is 153 g/mol. The number of hydrogen-bond donors (Lipinski definition) is 1. The summed E-state index contributed by atoms with van der Waals surface area (Å²) in [7, 11) is 0. The second-order valence-electron chi connectivity index (χ2n) is 3.44. The molecular formula is C10H19N. The van der Waals surface area contributed by atoms with Crippen molar-refractivity contribution in [1.82, 2.24) is 5.32 Å². The lowest BCUT2D eigenvalue weighted by Crippen LogP contribution is -2.17. The summed E-state index contributed by atoms with van der Waals surface area (Å²) in [5.74, 6) is 0. The molecule has 0 unspecified atom stereocenters. The topological polar surface area (TPSA) is 12.0 Å². The van der Waals surface area contributed by atoms with Crippen LogP contribution in [0.15, 0.2) is 12.2 Å². The number of rotatable bonds is 6. The van der Waals surface area contributed by atoms with Gasteiger partial charge in [0.15, 0.2) is 0 Å². The van der Waals surface area contributed by atoms with E-state index in [-0.39, 0.29) is 0 Å². The lowest BCUT2D eigenvalue weighted by atomic mass is 10.1. The van der Waals surface area contributed by atoms with Crippen molar-refractivity contribution in [3.8, 4) is 0 Å². The highest BCUT2D eigenvalue weighted by Gasteiger charge is 2.19. The Hall–Kier alpha value is -0.300. The van der Waals surface area contributed by atoms with E-state index < -0.39 is 0 Å². The highest BCUT2D eigenvalue weighted by Crippen LogP contribution is 2.18. The van der Waals surface area contributed by atoms with Crippen LogP contribution in [0.25, 0.3) is 0 Å². The summed E-state index contributed by atoms with van der Waals surface area (Å²) in [5, 5.41) is 3.49. The van der Waals surface area contributed by atoms with Crippen LogP contribution in [-0.4, -0.2) is 12.6 Å². The normalized spacial score (nSPS) is 16.8. The zero-order chi connectivity index (χ0) is 8.10. The van der Waals surface area contributed by atoms with Crippen LogP contribution in [-0.2, 0) is 0 Å². The van der Waals surface area contributed by atoms with Gasteiger partial charge in [0.1, 0.15) is 0 Å². The van der Waals surface area contributed by atoms with Gasteiger partial charge in [-0.3, -0.25) is 0 Å². The average Bonchev–Trinajstić information content (AvgIpc) is 2.81. The second-order valence-corrected chi connectivity index (χ2v) is 3.44. The van der Waals surface area contributed by atoms with E-state index in [9.17, 15) is 0 Å². The van der Waals surface area contributed by atoms with Gasteiger partial charge >= 0.3 is 0 Å². The molecule has 0 radical (unpaired) electrons. The molecule has 1 N–H and O–H groups in total. The third kappa shape index (κ3) is 4.20. The van der Waals surface area contributed by atoms with Crippen molar-refractivity contribution < 1.29 is 0 Å². The van der Waals surface area contributed by atoms with Gasteiger partial charge in [0.25, 0.3) is 0 Å². The van der Waals surface area contributed by atoms with E-state index in [1.807, 2.05) is 0 Å². The maximum absolute atomic E-state index is 3.98. The minimum atomic E-state index is 0.866. The molecular weight excluding hydrogens is 134 g/mol. The standard InChI is InChI=1S/C10H19N/c1-3-9(2)5-4-8-11-10-6-7-10/h10-11H,2-8H2,1H3. The average molecular weight is 153 g/mol. The summed E-state index contributed by atoms with van der Waals surface area (Å²) in [6, 6.07) is 0.866. The summed E-state index contributed by atoms with van der Waals surface area (Å²) in [6.45, 7) is 7.34. The molecule has 0 aromatic heterocycles. The molecule has 1 rings (SSSR count). The van der Waals surface area contributed by atoms with Crippen molar-refractivity contribution in [1.29, 1.82) is 0 Å². The van der Waals surface area contributed by atoms with Crippen LogP contribution in [0.3, 0.4) is 0 Å². The third-order valence-electron chi connectivity index (χ3n) is 2.22. The van der Waals surface area contributed by atoms with E-state index >= 15 is 0 Å². The Labute approximate surface area is 69.9 Å². The van der Waals surface area contributed by atoms with Gasteiger partial charge in [0.2, 0.25) is 0 Å². The van der Waals surface area contributed by atoms with Crippen molar-refractivity contribution in [3.05, 3.63) is 12.2 Å². The molecule has 1 saturated carbocycles. The zero-order valence-corrected chi connectivity index (χ0v) is 7.53. The van der Waals surface area contributed by atoms with Crippen molar-refractivity contribution in [2.24, 2.45) is 0 Å². The Morgan fingerprint density at radius 1 is 1.55 bits per heavy atom. The van der Waals surface area contributed by atoms with E-state index in [1.54, 1.807) is 0 Å². The smallest absolute Gasteiger partial charge is 0.00682 e. The fourth-order valence-electron chi connectivity index (χ4n) is 1.11. The zero-order valence-electron chi connectivity index (χ0n) is 7.53. The minimum Gasteiger partial charge on any atom is -0.314 e. The molecule has 64 valence electrons. The predicted molar refractivity (Wildman–Crippen MR) is 49.7 cm³/mol. The van der Waals surface area contributed by atoms with Crippen LogP contribution in [0, 0.1) is 0 Å². The van der Waals surface area contributed by atoms with E-state index in [4.69, 9.17) is 0 Å². The maximum atomic E-state index is 3.98. The Balaban J connectivity index is 1.82. The number of nitrogens with one attached hydrogen (secondary N) is 1. The lowest BCUT2D eigenvalue weighted by Gasteiger charge is -2.03. The first-order valence-electron chi connectivity index (χ1n) is 4.73. The van der Waals surface area contributed by atoms with Gasteiger partial charge in [-0.15, -0.1) is 0 Å². The van der Waals surface area contributed by atoms with Gasteiger partial charge < -0.3 is 5.32 Å². The summed E-state index contributed by atoms with van der Waals surface area (Å²) < 4.78 is 0. The molecule has 1 aliphatic carbocycles. The first-order valence-corrected chi connectivity index (χ1v) is 4.73. The molecule has 1 nitrogen and oxygen atoms in total. The molecule has 0 saturated heterocycles. The largest absolute Gasteiger partial charge is 0.314 e. The van der Waals surface area contributed by atoms with Gasteiger partial charge in [-0.1, -0.05) is 19.1 Å². The van der Waals surface area contributed by atoms with Crippen molar-refractivity contribution >= 4 is 0 Å². The predicted octanol–water partition coefficient (Wildman–Crippen LogP) is 2.48. The molecule has 0 amide bonds. The number of hydrogen-bond acceptors (Lipinski definition) is 1. The van der Waals surface area contributed by atoms with Gasteiger partial charge in [0.05, 0.1) is 0 Å². The fraction of sp³-hybridized carbons (Fsp3) is 0.800. The minimum absolute atomic E-state index is 0.866. The molecule has 0 bridgehead atoms. The Kier molecular flexibility index (Phi) is 3.64. The summed E-state index contributed by atoms with van der Waals surface area (Å²) in [6.07, 6.45) is 6.41. The molecule has 0 atom stereocenters. The van der Waals surface area contributed by atoms with Gasteiger partial charge in [0, 0.05) is 6.04 Å². The highest BCUT2D eigenvalue weighted by atomic mass is 14.9. The first-order chi connectivity index (χ1) is 5.33. The van der Waals surface area contributed by atoms with Gasteiger partial charge in [-0.05, 0) is 38.6 Å². The fourth-order valence-corrected chi connectivity index (χ4v) is 1.11. The van der Waals surface area contributed by atoms with E-state index in [0.29, 0.717) is 0 Å². The Bertz CT molecular complexity index is 125. The molecule has 0 heterocycles. The van der Waals surface area contributed by atoms with Crippen LogP contribution in [0.4, 0.5) is 0 Å². The molecule has 0 aliphatic heterocycles. The van der Waals surface area contributed by atoms with Crippen molar-refractivity contribution in [2.75, 3.05) is 6.54 Å². The summed E-state index contributed by atoms with van der Waals surface area (Å²) in [4.78, 5) is 0. The summed E-state index contributed by atoms with van der Waals surface area (Å²) in [5.41, 5.74) is 1.39. The first kappa shape index (κ1) is 8.79. The number of allylic oxidation sites excluding steroid dienone is 1. The molecule has 1 heteroatoms. The third-order valence-corrected chi connectivity index (χ3v) is 2.22. The molecule has 0 aromatic rings. The van der Waals surface area contributed by atoms with Crippen molar-refractivity contribution in [3.63, 3.8) is 0 Å². The van der Waals surface area contributed by atoms with E-state index in [0.717, 1.165) is 12.5 Å². The van der Waals surface area contributed by atoms with E-state index in [2.05, 4.69) is 18.8 Å². The van der Waals surface area contributed by atoms with Gasteiger partial charge in [-0.2, -0.15) is 0 Å². The molecule has 1 aliphatic rings. The van der Waals surface area contributed by atoms with Crippen LogP contribution in [0.1, 0.15) is 39.0 Å². The maximum Gasteiger partial charge on any atom is 0.00682 e. The molecule has 1 fully saturated rings.